The first kappa shape index (κ1) is 5.66. The first-order valence-electron chi connectivity index (χ1n) is 5.24. The van der Waals surface area contributed by atoms with Crippen molar-refractivity contribution < 1.29 is 9.22 Å². The Morgan fingerprint density at radius 3 is 3.17 bits per heavy atom. The Labute approximate surface area is 75.6 Å². The van der Waals surface area contributed by atoms with Crippen molar-refractivity contribution in [3.05, 3.63) is 12.7 Å². The number of nitrogens with zero attached hydrogens (tertiary/aromatic N) is 3. The standard InChI is InChI=1S/C7H14N4O/c1-3-6(12)7(8-2)11-5-9-4-10-11/h4-8,12H,3H2,1-2H3/i2D3. The van der Waals surface area contributed by atoms with E-state index >= 15 is 0 Å². The molecule has 0 aliphatic heterocycles. The van der Waals surface area contributed by atoms with Gasteiger partial charge in [0, 0.05) is 4.11 Å². The van der Waals surface area contributed by atoms with E-state index in [4.69, 9.17) is 4.11 Å². The quantitative estimate of drug-likeness (QED) is 0.660. The van der Waals surface area contributed by atoms with Crippen LogP contribution in [0.2, 0.25) is 0 Å². The molecule has 0 spiro atoms. The third-order valence-corrected chi connectivity index (χ3v) is 1.65. The maximum absolute atomic E-state index is 9.65. The minimum Gasteiger partial charge on any atom is -0.389 e. The second-order valence-corrected chi connectivity index (χ2v) is 2.44. The van der Waals surface area contributed by atoms with Gasteiger partial charge in [0.15, 0.2) is 0 Å². The van der Waals surface area contributed by atoms with Gasteiger partial charge in [-0.1, -0.05) is 6.92 Å². The molecule has 2 N–H and O–H groups in total. The van der Waals surface area contributed by atoms with Crippen molar-refractivity contribution in [1.29, 1.82) is 0 Å². The van der Waals surface area contributed by atoms with E-state index in [9.17, 15) is 5.11 Å². The molecule has 1 aromatic heterocycles. The summed E-state index contributed by atoms with van der Waals surface area (Å²) in [6.07, 6.45) is 1.46. The molecule has 5 nitrogen and oxygen atoms in total. The zero-order valence-electron chi connectivity index (χ0n) is 9.81. The van der Waals surface area contributed by atoms with Crippen LogP contribution in [0.1, 0.15) is 23.6 Å². The molecular formula is C7H14N4O. The van der Waals surface area contributed by atoms with E-state index in [0.717, 1.165) is 0 Å². The van der Waals surface area contributed by atoms with Crippen molar-refractivity contribution in [2.45, 2.75) is 25.6 Å². The Morgan fingerprint density at radius 2 is 2.67 bits per heavy atom. The fourth-order valence-electron chi connectivity index (χ4n) is 0.923. The van der Waals surface area contributed by atoms with Gasteiger partial charge < -0.3 is 5.11 Å². The number of aliphatic hydroxyl groups excluding tert-OH is 1. The summed E-state index contributed by atoms with van der Waals surface area (Å²) in [6.45, 7) is -0.567. The normalized spacial score (nSPS) is 20.7. The van der Waals surface area contributed by atoms with Crippen LogP contribution in [0.3, 0.4) is 0 Å². The van der Waals surface area contributed by atoms with Crippen molar-refractivity contribution in [2.24, 2.45) is 0 Å². The SMILES string of the molecule is [2H]C([2H])([2H])NC(C(O)CC)n1cncn1. The minimum absolute atomic E-state index is 0.424. The van der Waals surface area contributed by atoms with E-state index in [1.165, 1.54) is 17.3 Å². The largest absolute Gasteiger partial charge is 0.389 e. The summed E-state index contributed by atoms with van der Waals surface area (Å²) in [5, 5.41) is 15.8. The second kappa shape index (κ2) is 4.18. The van der Waals surface area contributed by atoms with Crippen molar-refractivity contribution in [3.63, 3.8) is 0 Å². The monoisotopic (exact) mass is 173 g/mol. The number of rotatable bonds is 4. The van der Waals surface area contributed by atoms with Crippen LogP contribution in [-0.4, -0.2) is 33.0 Å². The average Bonchev–Trinajstić information content (AvgIpc) is 2.64. The molecule has 68 valence electrons. The van der Waals surface area contributed by atoms with Crippen LogP contribution in [0.15, 0.2) is 12.7 Å². The molecule has 0 radical (unpaired) electrons. The number of hydrogen-bond donors (Lipinski definition) is 2. The molecule has 2 unspecified atom stereocenters. The molecule has 0 saturated heterocycles. The molecule has 0 aromatic carbocycles. The molecule has 0 amide bonds. The fourth-order valence-corrected chi connectivity index (χ4v) is 0.923. The van der Waals surface area contributed by atoms with Gasteiger partial charge in [0.1, 0.15) is 18.8 Å². The number of nitrogens with one attached hydrogen (secondary N) is 1. The second-order valence-electron chi connectivity index (χ2n) is 2.44. The molecule has 5 heteroatoms. The summed E-state index contributed by atoms with van der Waals surface area (Å²) < 4.78 is 22.5. The highest BCUT2D eigenvalue weighted by Crippen LogP contribution is 2.07. The van der Waals surface area contributed by atoms with Crippen LogP contribution in [0.4, 0.5) is 0 Å². The van der Waals surface area contributed by atoms with Crippen molar-refractivity contribution >= 4 is 0 Å². The molecule has 0 aliphatic carbocycles. The third-order valence-electron chi connectivity index (χ3n) is 1.65. The lowest BCUT2D eigenvalue weighted by Crippen LogP contribution is -2.34. The zero-order valence-corrected chi connectivity index (χ0v) is 6.81. The molecule has 1 rings (SSSR count). The summed E-state index contributed by atoms with van der Waals surface area (Å²) in [5.74, 6) is 0. The van der Waals surface area contributed by atoms with Crippen molar-refractivity contribution in [1.82, 2.24) is 20.1 Å². The minimum atomic E-state index is -2.33. The predicted octanol–water partition coefficient (Wildman–Crippen LogP) is -0.233. The molecule has 1 heterocycles. The van der Waals surface area contributed by atoms with E-state index < -0.39 is 19.2 Å². The van der Waals surface area contributed by atoms with Gasteiger partial charge in [0.2, 0.25) is 0 Å². The lowest BCUT2D eigenvalue weighted by molar-refractivity contribution is 0.0875. The van der Waals surface area contributed by atoms with Gasteiger partial charge in [0.05, 0.1) is 6.10 Å². The Morgan fingerprint density at radius 1 is 1.83 bits per heavy atom. The Balaban J connectivity index is 2.79. The first-order chi connectivity index (χ1) is 6.94. The van der Waals surface area contributed by atoms with Gasteiger partial charge >= 0.3 is 0 Å². The average molecular weight is 173 g/mol. The van der Waals surface area contributed by atoms with E-state index in [2.05, 4.69) is 15.4 Å². The molecule has 0 bridgehead atoms. The highest BCUT2D eigenvalue weighted by Gasteiger charge is 2.17. The van der Waals surface area contributed by atoms with Gasteiger partial charge in [0.25, 0.3) is 0 Å². The summed E-state index contributed by atoms with van der Waals surface area (Å²) in [5.41, 5.74) is 0. The smallest absolute Gasteiger partial charge is 0.137 e. The van der Waals surface area contributed by atoms with Crippen LogP contribution >= 0.6 is 0 Å². The van der Waals surface area contributed by atoms with E-state index in [0.29, 0.717) is 6.42 Å². The van der Waals surface area contributed by atoms with Crippen LogP contribution in [0.25, 0.3) is 0 Å². The molecule has 0 saturated carbocycles. The zero-order chi connectivity index (χ0) is 11.5. The van der Waals surface area contributed by atoms with Gasteiger partial charge in [-0.3, -0.25) is 5.32 Å². The summed E-state index contributed by atoms with van der Waals surface area (Å²) in [4.78, 5) is 3.71. The molecular weight excluding hydrogens is 156 g/mol. The Bertz CT molecular complexity index is 287. The lowest BCUT2D eigenvalue weighted by atomic mass is 10.2. The third kappa shape index (κ3) is 1.80. The Hall–Kier alpha value is -0.940. The van der Waals surface area contributed by atoms with Gasteiger partial charge in [-0.05, 0) is 13.4 Å². The van der Waals surface area contributed by atoms with Crippen molar-refractivity contribution in [2.75, 3.05) is 6.98 Å². The highest BCUT2D eigenvalue weighted by molar-refractivity contribution is 4.71. The number of likely N-dealkylation sites (N-methyl/N-ethyl adjacent to an activating group) is 1. The van der Waals surface area contributed by atoms with Crippen LogP contribution in [-0.2, 0) is 0 Å². The predicted molar refractivity (Wildman–Crippen MR) is 44.4 cm³/mol. The fraction of sp³-hybridized carbons (Fsp3) is 0.714. The summed E-state index contributed by atoms with van der Waals surface area (Å²) in [6, 6.07) is 0. The van der Waals surface area contributed by atoms with Crippen molar-refractivity contribution in [3.8, 4) is 0 Å². The Kier molecular flexibility index (Phi) is 1.97. The maximum atomic E-state index is 9.65. The van der Waals surface area contributed by atoms with Crippen LogP contribution in [0.5, 0.6) is 0 Å². The topological polar surface area (TPSA) is 63.0 Å². The van der Waals surface area contributed by atoms with Gasteiger partial charge in [-0.25, -0.2) is 9.67 Å². The highest BCUT2D eigenvalue weighted by atomic mass is 16.3. The van der Waals surface area contributed by atoms with E-state index in [1.54, 1.807) is 6.92 Å². The maximum Gasteiger partial charge on any atom is 0.137 e. The van der Waals surface area contributed by atoms with E-state index in [1.807, 2.05) is 0 Å². The molecule has 0 aliphatic rings. The van der Waals surface area contributed by atoms with Crippen LogP contribution in [0, 0.1) is 0 Å². The summed E-state index contributed by atoms with van der Waals surface area (Å²) >= 11 is 0. The van der Waals surface area contributed by atoms with Crippen LogP contribution < -0.4 is 5.32 Å². The van der Waals surface area contributed by atoms with Gasteiger partial charge in [-0.2, -0.15) is 5.10 Å². The lowest BCUT2D eigenvalue weighted by Gasteiger charge is -2.20. The molecule has 1 aromatic rings. The van der Waals surface area contributed by atoms with Gasteiger partial charge in [-0.15, -0.1) is 0 Å². The number of aromatic nitrogens is 3. The summed E-state index contributed by atoms with van der Waals surface area (Å²) in [7, 11) is 0. The molecule has 2 atom stereocenters. The molecule has 0 fully saturated rings. The number of hydrogen-bond acceptors (Lipinski definition) is 4. The first-order valence-corrected chi connectivity index (χ1v) is 3.74. The van der Waals surface area contributed by atoms with E-state index in [-0.39, 0.29) is 0 Å². The number of aliphatic hydroxyl groups is 1. The molecule has 12 heavy (non-hydrogen) atoms.